The van der Waals surface area contributed by atoms with E-state index in [4.69, 9.17) is 5.14 Å². The first-order valence-electron chi connectivity index (χ1n) is 7.78. The van der Waals surface area contributed by atoms with Crippen LogP contribution in [0.1, 0.15) is 35.4 Å². The molecule has 0 radical (unpaired) electrons. The average Bonchev–Trinajstić information content (AvgIpc) is 2.52. The van der Waals surface area contributed by atoms with Crippen LogP contribution in [0.3, 0.4) is 0 Å². The van der Waals surface area contributed by atoms with Crippen molar-refractivity contribution >= 4 is 15.7 Å². The van der Waals surface area contributed by atoms with Crippen LogP contribution >= 0.6 is 0 Å². The summed E-state index contributed by atoms with van der Waals surface area (Å²) in [4.78, 5) is 4.78. The minimum absolute atomic E-state index is 0.125. The van der Waals surface area contributed by atoms with Gasteiger partial charge in [-0.05, 0) is 74.1 Å². The highest BCUT2D eigenvalue weighted by Gasteiger charge is 2.15. The van der Waals surface area contributed by atoms with Gasteiger partial charge in [0.1, 0.15) is 0 Å². The fourth-order valence-corrected chi connectivity index (χ4v) is 3.58. The van der Waals surface area contributed by atoms with Crippen LogP contribution in [0.15, 0.2) is 35.2 Å². The molecular weight excluding hydrogens is 310 g/mol. The molecule has 1 heterocycles. The van der Waals surface area contributed by atoms with Gasteiger partial charge in [0, 0.05) is 23.6 Å². The number of anilines is 1. The van der Waals surface area contributed by atoms with Gasteiger partial charge >= 0.3 is 0 Å². The maximum Gasteiger partial charge on any atom is 0.238 e. The number of hydrogen-bond donors (Lipinski definition) is 2. The summed E-state index contributed by atoms with van der Waals surface area (Å²) in [6, 6.07) is 8.65. The van der Waals surface area contributed by atoms with Crippen LogP contribution in [0.4, 0.5) is 5.69 Å². The van der Waals surface area contributed by atoms with E-state index in [0.717, 1.165) is 24.2 Å². The molecule has 0 spiro atoms. The van der Waals surface area contributed by atoms with Crippen LogP contribution in [-0.4, -0.2) is 13.4 Å². The van der Waals surface area contributed by atoms with Gasteiger partial charge in [-0.25, -0.2) is 13.6 Å². The third-order valence-electron chi connectivity index (χ3n) is 4.19. The van der Waals surface area contributed by atoms with E-state index in [-0.39, 0.29) is 4.90 Å². The van der Waals surface area contributed by atoms with Crippen LogP contribution < -0.4 is 10.5 Å². The van der Waals surface area contributed by atoms with Crippen molar-refractivity contribution in [1.29, 1.82) is 0 Å². The van der Waals surface area contributed by atoms with Crippen molar-refractivity contribution in [3.8, 4) is 0 Å². The molecule has 1 aromatic carbocycles. The average molecular weight is 331 g/mol. The van der Waals surface area contributed by atoms with Crippen molar-refractivity contribution in [2.24, 2.45) is 5.14 Å². The van der Waals surface area contributed by atoms with Gasteiger partial charge < -0.3 is 5.32 Å². The van der Waals surface area contributed by atoms with Crippen LogP contribution in [0, 0.1) is 6.92 Å². The lowest BCUT2D eigenvalue weighted by atomic mass is 9.91. The molecular formula is C17H21N3O2S. The van der Waals surface area contributed by atoms with E-state index in [2.05, 4.69) is 16.4 Å². The molecule has 1 aliphatic rings. The number of nitrogens with two attached hydrogens (primary N) is 1. The number of pyridine rings is 1. The second-order valence-electron chi connectivity index (χ2n) is 5.98. The summed E-state index contributed by atoms with van der Waals surface area (Å²) < 4.78 is 22.5. The highest BCUT2D eigenvalue weighted by molar-refractivity contribution is 7.89. The minimum Gasteiger partial charge on any atom is -0.381 e. The Balaban J connectivity index is 1.77. The molecule has 0 amide bonds. The topological polar surface area (TPSA) is 85.1 Å². The molecule has 122 valence electrons. The minimum atomic E-state index is -3.64. The summed E-state index contributed by atoms with van der Waals surface area (Å²) in [7, 11) is -3.64. The molecule has 0 fully saturated rings. The molecule has 0 bridgehead atoms. The number of rotatable bonds is 4. The summed E-state index contributed by atoms with van der Waals surface area (Å²) >= 11 is 0. The molecule has 0 saturated heterocycles. The number of hydrogen-bond acceptors (Lipinski definition) is 4. The molecule has 2 aromatic rings. The molecule has 5 nitrogen and oxygen atoms in total. The smallest absolute Gasteiger partial charge is 0.238 e. The molecule has 0 saturated carbocycles. The maximum absolute atomic E-state index is 11.3. The Morgan fingerprint density at radius 2 is 1.87 bits per heavy atom. The van der Waals surface area contributed by atoms with Crippen LogP contribution in [-0.2, 0) is 29.4 Å². The number of sulfonamides is 1. The number of benzene rings is 1. The van der Waals surface area contributed by atoms with E-state index in [0.29, 0.717) is 6.54 Å². The van der Waals surface area contributed by atoms with E-state index in [1.165, 1.54) is 41.8 Å². The monoisotopic (exact) mass is 331 g/mol. The van der Waals surface area contributed by atoms with Crippen LogP contribution in [0.5, 0.6) is 0 Å². The highest BCUT2D eigenvalue weighted by Crippen LogP contribution is 2.24. The summed E-state index contributed by atoms with van der Waals surface area (Å²) in [6.07, 6.45) is 4.58. The largest absolute Gasteiger partial charge is 0.381 e. The zero-order valence-electron chi connectivity index (χ0n) is 13.2. The van der Waals surface area contributed by atoms with Crippen molar-refractivity contribution in [3.05, 3.63) is 52.8 Å². The first-order valence-corrected chi connectivity index (χ1v) is 9.33. The van der Waals surface area contributed by atoms with Gasteiger partial charge in [0.2, 0.25) is 10.0 Å². The van der Waals surface area contributed by atoms with Crippen LogP contribution in [0.25, 0.3) is 0 Å². The van der Waals surface area contributed by atoms with E-state index in [1.54, 1.807) is 12.1 Å². The van der Waals surface area contributed by atoms with Crippen molar-refractivity contribution < 1.29 is 8.42 Å². The SMILES string of the molecule is Cc1cc(CNc2ccc(S(N)(=O)=O)cc2)c2c(n1)CCCC2. The lowest BCUT2D eigenvalue weighted by molar-refractivity contribution is 0.598. The third kappa shape index (κ3) is 3.71. The van der Waals surface area contributed by atoms with Gasteiger partial charge in [-0.1, -0.05) is 0 Å². The van der Waals surface area contributed by atoms with E-state index < -0.39 is 10.0 Å². The normalized spacial score (nSPS) is 14.3. The molecule has 1 aromatic heterocycles. The van der Waals surface area contributed by atoms with Gasteiger partial charge in [0.05, 0.1) is 4.90 Å². The lowest BCUT2D eigenvalue weighted by Crippen LogP contribution is -2.13. The number of primary sulfonamides is 1. The van der Waals surface area contributed by atoms with Gasteiger partial charge in [-0.2, -0.15) is 0 Å². The Labute approximate surface area is 137 Å². The number of aromatic nitrogens is 1. The predicted octanol–water partition coefficient (Wildman–Crippen LogP) is 2.53. The van der Waals surface area contributed by atoms with Crippen molar-refractivity contribution in [1.82, 2.24) is 4.98 Å². The van der Waals surface area contributed by atoms with Crippen molar-refractivity contribution in [3.63, 3.8) is 0 Å². The standard InChI is InChI=1S/C17H21N3O2S/c1-12-10-13(16-4-2-3-5-17(16)20-12)11-19-14-6-8-15(9-7-14)23(18,21)22/h6-10,19H,2-5,11H2,1H3,(H2,18,21,22). The van der Waals surface area contributed by atoms with Gasteiger partial charge in [0.25, 0.3) is 0 Å². The van der Waals surface area contributed by atoms with E-state index in [1.807, 2.05) is 6.92 Å². The zero-order chi connectivity index (χ0) is 16.4. The fourth-order valence-electron chi connectivity index (χ4n) is 3.06. The fraction of sp³-hybridized carbons (Fsp3) is 0.353. The van der Waals surface area contributed by atoms with Gasteiger partial charge in [0.15, 0.2) is 0 Å². The van der Waals surface area contributed by atoms with Gasteiger partial charge in [-0.3, -0.25) is 4.98 Å². The van der Waals surface area contributed by atoms with Crippen LogP contribution in [0.2, 0.25) is 0 Å². The Morgan fingerprint density at radius 3 is 2.57 bits per heavy atom. The number of nitrogens with one attached hydrogen (secondary N) is 1. The second kappa shape index (κ2) is 6.29. The Morgan fingerprint density at radius 1 is 1.17 bits per heavy atom. The molecule has 3 rings (SSSR count). The first-order chi connectivity index (χ1) is 10.9. The molecule has 0 atom stereocenters. The summed E-state index contributed by atoms with van der Waals surface area (Å²) in [5, 5.41) is 8.46. The Kier molecular flexibility index (Phi) is 4.37. The number of fused-ring (bicyclic) bond motifs is 1. The highest BCUT2D eigenvalue weighted by atomic mass is 32.2. The number of aryl methyl sites for hydroxylation is 2. The molecule has 0 unspecified atom stereocenters. The summed E-state index contributed by atoms with van der Waals surface area (Å²) in [6.45, 7) is 2.74. The molecule has 23 heavy (non-hydrogen) atoms. The van der Waals surface area contributed by atoms with E-state index >= 15 is 0 Å². The quantitative estimate of drug-likeness (QED) is 0.901. The lowest BCUT2D eigenvalue weighted by Gasteiger charge is -2.20. The van der Waals surface area contributed by atoms with Gasteiger partial charge in [-0.15, -0.1) is 0 Å². The Hall–Kier alpha value is -1.92. The molecule has 0 aliphatic heterocycles. The second-order valence-corrected chi connectivity index (χ2v) is 7.54. The molecule has 3 N–H and O–H groups in total. The Bertz CT molecular complexity index is 814. The molecule has 6 heteroatoms. The number of nitrogens with zero attached hydrogens (tertiary/aromatic N) is 1. The summed E-state index contributed by atoms with van der Waals surface area (Å²) in [5.74, 6) is 0. The van der Waals surface area contributed by atoms with Crippen molar-refractivity contribution in [2.45, 2.75) is 44.0 Å². The first kappa shape index (κ1) is 16.0. The van der Waals surface area contributed by atoms with E-state index in [9.17, 15) is 8.42 Å². The summed E-state index contributed by atoms with van der Waals surface area (Å²) in [5.41, 5.74) is 5.80. The maximum atomic E-state index is 11.3. The third-order valence-corrected chi connectivity index (χ3v) is 5.12. The zero-order valence-corrected chi connectivity index (χ0v) is 14.0. The predicted molar refractivity (Wildman–Crippen MR) is 90.8 cm³/mol. The van der Waals surface area contributed by atoms with Crippen molar-refractivity contribution in [2.75, 3.05) is 5.32 Å². The molecule has 1 aliphatic carbocycles.